The van der Waals surface area contributed by atoms with Gasteiger partial charge >= 0.3 is 0 Å². The Labute approximate surface area is 143 Å². The van der Waals surface area contributed by atoms with Crippen LogP contribution in [0.25, 0.3) is 6.08 Å². The Bertz CT molecular complexity index is 721. The molecule has 0 amide bonds. The van der Waals surface area contributed by atoms with Gasteiger partial charge in [0, 0.05) is 10.0 Å². The standard InChI is InChI=1S/C18H17BrO4/c1-3-23-14-7-4-12(5-8-14)16(20)9-6-13-10-18(22-2)17(21)11-15(13)19/h4-11,21H,3H2,1-2H3/b9-6+. The number of phenolic OH excluding ortho intramolecular Hbond substituents is 1. The van der Waals surface area contributed by atoms with Crippen LogP contribution in [0.3, 0.4) is 0 Å². The average Bonchev–Trinajstić information content (AvgIpc) is 2.55. The Morgan fingerprint density at radius 1 is 1.26 bits per heavy atom. The predicted octanol–water partition coefficient (Wildman–Crippen LogP) is 4.46. The predicted molar refractivity (Wildman–Crippen MR) is 93.3 cm³/mol. The summed E-state index contributed by atoms with van der Waals surface area (Å²) in [6, 6.07) is 10.2. The summed E-state index contributed by atoms with van der Waals surface area (Å²) in [4.78, 5) is 12.2. The van der Waals surface area contributed by atoms with E-state index in [0.717, 1.165) is 11.3 Å². The topological polar surface area (TPSA) is 55.8 Å². The van der Waals surface area contributed by atoms with E-state index in [1.807, 2.05) is 6.92 Å². The molecule has 0 saturated carbocycles. The highest BCUT2D eigenvalue weighted by molar-refractivity contribution is 9.10. The fourth-order valence-corrected chi connectivity index (χ4v) is 2.46. The number of rotatable bonds is 6. The lowest BCUT2D eigenvalue weighted by Crippen LogP contribution is -1.96. The Morgan fingerprint density at radius 3 is 2.57 bits per heavy atom. The molecule has 120 valence electrons. The second kappa shape index (κ2) is 7.83. The van der Waals surface area contributed by atoms with Gasteiger partial charge in [-0.2, -0.15) is 0 Å². The molecular weight excluding hydrogens is 360 g/mol. The molecule has 0 fully saturated rings. The highest BCUT2D eigenvalue weighted by atomic mass is 79.9. The smallest absolute Gasteiger partial charge is 0.185 e. The van der Waals surface area contributed by atoms with Gasteiger partial charge in [-0.1, -0.05) is 15.9 Å². The van der Waals surface area contributed by atoms with Gasteiger partial charge in [0.2, 0.25) is 0 Å². The van der Waals surface area contributed by atoms with Crippen LogP contribution in [0, 0.1) is 0 Å². The molecule has 0 aliphatic carbocycles. The summed E-state index contributed by atoms with van der Waals surface area (Å²) in [6.45, 7) is 2.50. The van der Waals surface area contributed by atoms with E-state index in [9.17, 15) is 9.90 Å². The molecule has 0 atom stereocenters. The van der Waals surface area contributed by atoms with Crippen LogP contribution < -0.4 is 9.47 Å². The van der Waals surface area contributed by atoms with Gasteiger partial charge < -0.3 is 14.6 Å². The number of carbonyl (C=O) groups excluding carboxylic acids is 1. The highest BCUT2D eigenvalue weighted by Gasteiger charge is 2.07. The quantitative estimate of drug-likeness (QED) is 0.597. The molecule has 0 spiro atoms. The van der Waals surface area contributed by atoms with Gasteiger partial charge in [-0.3, -0.25) is 4.79 Å². The summed E-state index contributed by atoms with van der Waals surface area (Å²) in [5.74, 6) is 1.00. The van der Waals surface area contributed by atoms with Crippen molar-refractivity contribution in [1.82, 2.24) is 0 Å². The number of ether oxygens (including phenoxy) is 2. The molecule has 23 heavy (non-hydrogen) atoms. The molecule has 4 nitrogen and oxygen atoms in total. The zero-order valence-corrected chi connectivity index (χ0v) is 14.5. The van der Waals surface area contributed by atoms with Crippen molar-refractivity contribution in [2.24, 2.45) is 0 Å². The maximum absolute atomic E-state index is 12.2. The Kier molecular flexibility index (Phi) is 5.82. The zero-order valence-electron chi connectivity index (χ0n) is 12.9. The lowest BCUT2D eigenvalue weighted by molar-refractivity contribution is 0.104. The first-order chi connectivity index (χ1) is 11.0. The first kappa shape index (κ1) is 17.1. The molecule has 0 aliphatic rings. The summed E-state index contributed by atoms with van der Waals surface area (Å²) in [5.41, 5.74) is 1.31. The zero-order chi connectivity index (χ0) is 16.8. The van der Waals surface area contributed by atoms with Crippen LogP contribution in [-0.4, -0.2) is 24.6 Å². The van der Waals surface area contributed by atoms with Crippen LogP contribution in [0.1, 0.15) is 22.8 Å². The van der Waals surface area contributed by atoms with E-state index >= 15 is 0 Å². The largest absolute Gasteiger partial charge is 0.504 e. The Hall–Kier alpha value is -2.27. The van der Waals surface area contributed by atoms with Crippen LogP contribution in [0.2, 0.25) is 0 Å². The highest BCUT2D eigenvalue weighted by Crippen LogP contribution is 2.33. The molecule has 2 aromatic rings. The van der Waals surface area contributed by atoms with Crippen molar-refractivity contribution in [3.05, 3.63) is 58.1 Å². The Morgan fingerprint density at radius 2 is 1.96 bits per heavy atom. The number of benzene rings is 2. The first-order valence-electron chi connectivity index (χ1n) is 7.07. The monoisotopic (exact) mass is 376 g/mol. The molecule has 0 aliphatic heterocycles. The van der Waals surface area contributed by atoms with E-state index in [0.29, 0.717) is 22.4 Å². The molecule has 2 rings (SSSR count). The molecule has 0 unspecified atom stereocenters. The van der Waals surface area contributed by atoms with E-state index in [1.165, 1.54) is 19.3 Å². The molecule has 5 heteroatoms. The third-order valence-electron chi connectivity index (χ3n) is 3.16. The van der Waals surface area contributed by atoms with Crippen LogP contribution in [0.4, 0.5) is 0 Å². The van der Waals surface area contributed by atoms with E-state index in [4.69, 9.17) is 9.47 Å². The van der Waals surface area contributed by atoms with Crippen LogP contribution in [0.5, 0.6) is 17.2 Å². The second-order valence-corrected chi connectivity index (χ2v) is 5.55. The molecule has 0 aromatic heterocycles. The fraction of sp³-hybridized carbons (Fsp3) is 0.167. The van der Waals surface area contributed by atoms with Gasteiger partial charge in [0.1, 0.15) is 5.75 Å². The minimum absolute atomic E-state index is 0.0364. The van der Waals surface area contributed by atoms with Crippen molar-refractivity contribution in [2.75, 3.05) is 13.7 Å². The number of aromatic hydroxyl groups is 1. The molecular formula is C18H17BrO4. The minimum atomic E-state index is -0.119. The van der Waals surface area contributed by atoms with E-state index in [2.05, 4.69) is 15.9 Å². The van der Waals surface area contributed by atoms with Crippen LogP contribution >= 0.6 is 15.9 Å². The van der Waals surface area contributed by atoms with Crippen molar-refractivity contribution in [2.45, 2.75) is 6.92 Å². The number of hydrogen-bond donors (Lipinski definition) is 1. The summed E-state index contributed by atoms with van der Waals surface area (Å²) in [5, 5.41) is 9.68. The molecule has 0 saturated heterocycles. The van der Waals surface area contributed by atoms with Crippen molar-refractivity contribution in [3.63, 3.8) is 0 Å². The second-order valence-electron chi connectivity index (χ2n) is 4.70. The van der Waals surface area contributed by atoms with Gasteiger partial charge in [0.15, 0.2) is 17.3 Å². The van der Waals surface area contributed by atoms with Gasteiger partial charge in [0.25, 0.3) is 0 Å². The van der Waals surface area contributed by atoms with Gasteiger partial charge in [-0.15, -0.1) is 0 Å². The first-order valence-corrected chi connectivity index (χ1v) is 7.86. The summed E-state index contributed by atoms with van der Waals surface area (Å²) < 4.78 is 11.1. The number of allylic oxidation sites excluding steroid dienone is 1. The SMILES string of the molecule is CCOc1ccc(C(=O)/C=C/c2cc(OC)c(O)cc2Br)cc1. The van der Waals surface area contributed by atoms with Crippen molar-refractivity contribution < 1.29 is 19.4 Å². The third kappa shape index (κ3) is 4.36. The molecule has 0 heterocycles. The number of hydrogen-bond acceptors (Lipinski definition) is 4. The summed E-state index contributed by atoms with van der Waals surface area (Å²) in [7, 11) is 1.47. The minimum Gasteiger partial charge on any atom is -0.504 e. The maximum Gasteiger partial charge on any atom is 0.185 e. The number of carbonyl (C=O) groups is 1. The Balaban J connectivity index is 2.17. The maximum atomic E-state index is 12.2. The van der Waals surface area contributed by atoms with Gasteiger partial charge in [-0.05, 0) is 61.0 Å². The normalized spacial score (nSPS) is 10.7. The lowest BCUT2D eigenvalue weighted by Gasteiger charge is -2.06. The third-order valence-corrected chi connectivity index (χ3v) is 3.85. The molecule has 2 aromatic carbocycles. The average molecular weight is 377 g/mol. The van der Waals surface area contributed by atoms with Crippen molar-refractivity contribution in [3.8, 4) is 17.2 Å². The van der Waals surface area contributed by atoms with E-state index in [1.54, 1.807) is 36.4 Å². The van der Waals surface area contributed by atoms with Gasteiger partial charge in [-0.25, -0.2) is 0 Å². The molecule has 0 radical (unpaired) electrons. The fourth-order valence-electron chi connectivity index (χ4n) is 1.99. The summed E-state index contributed by atoms with van der Waals surface area (Å²) >= 11 is 3.35. The van der Waals surface area contributed by atoms with Crippen molar-refractivity contribution >= 4 is 27.8 Å². The molecule has 1 N–H and O–H groups in total. The van der Waals surface area contributed by atoms with Crippen LogP contribution in [0.15, 0.2) is 46.9 Å². The van der Waals surface area contributed by atoms with E-state index < -0.39 is 0 Å². The summed E-state index contributed by atoms with van der Waals surface area (Å²) in [6.07, 6.45) is 3.15. The van der Waals surface area contributed by atoms with Gasteiger partial charge in [0.05, 0.1) is 13.7 Å². The number of halogens is 1. The number of methoxy groups -OCH3 is 1. The van der Waals surface area contributed by atoms with Crippen LogP contribution in [-0.2, 0) is 0 Å². The van der Waals surface area contributed by atoms with Crippen molar-refractivity contribution in [1.29, 1.82) is 0 Å². The lowest BCUT2D eigenvalue weighted by atomic mass is 10.1. The number of phenols is 1. The van der Waals surface area contributed by atoms with E-state index in [-0.39, 0.29) is 11.5 Å². The number of ketones is 1. The molecule has 0 bridgehead atoms.